The van der Waals surface area contributed by atoms with Gasteiger partial charge in [-0.15, -0.1) is 0 Å². The van der Waals surface area contributed by atoms with E-state index in [1.807, 2.05) is 0 Å². The Hall–Kier alpha value is -2.71. The molecule has 1 heterocycles. The van der Waals surface area contributed by atoms with Crippen molar-refractivity contribution in [2.24, 2.45) is 0 Å². The lowest BCUT2D eigenvalue weighted by Crippen LogP contribution is -2.19. The van der Waals surface area contributed by atoms with Crippen molar-refractivity contribution in [2.75, 3.05) is 5.32 Å². The second-order valence-corrected chi connectivity index (χ2v) is 8.69. The molecule has 138 valence electrons. The van der Waals surface area contributed by atoms with Crippen LogP contribution in [0.4, 0.5) is 5.69 Å². The van der Waals surface area contributed by atoms with E-state index in [4.69, 9.17) is 0 Å². The number of nitrogens with one attached hydrogen (secondary N) is 2. The third-order valence-corrected chi connectivity index (χ3v) is 5.93. The Morgan fingerprint density at radius 1 is 1.04 bits per heavy atom. The molecule has 1 aromatic heterocycles. The first-order valence-electron chi connectivity index (χ1n) is 7.91. The molecule has 6 nitrogen and oxygen atoms in total. The molecule has 0 aliphatic rings. The summed E-state index contributed by atoms with van der Waals surface area (Å²) >= 11 is 3.22. The van der Waals surface area contributed by atoms with Crippen molar-refractivity contribution in [3.8, 4) is 0 Å². The number of sulfone groups is 1. The zero-order valence-electron chi connectivity index (χ0n) is 14.0. The van der Waals surface area contributed by atoms with Crippen molar-refractivity contribution in [1.29, 1.82) is 0 Å². The fourth-order valence-electron chi connectivity index (χ4n) is 2.48. The van der Waals surface area contributed by atoms with Crippen LogP contribution in [-0.4, -0.2) is 19.3 Å². The van der Waals surface area contributed by atoms with Gasteiger partial charge >= 0.3 is 0 Å². The molecule has 0 saturated carbocycles. The maximum Gasteiger partial charge on any atom is 0.271 e. The monoisotopic (exact) mass is 446 g/mol. The fraction of sp³-hybridized carbons (Fsp3) is 0.0526. The van der Waals surface area contributed by atoms with E-state index in [9.17, 15) is 18.0 Å². The summed E-state index contributed by atoms with van der Waals surface area (Å²) in [6.45, 7) is 0. The molecule has 0 saturated heterocycles. The molecule has 0 bridgehead atoms. The highest BCUT2D eigenvalue weighted by Gasteiger charge is 2.16. The number of H-pyrrole nitrogens is 1. The Morgan fingerprint density at radius 3 is 2.52 bits per heavy atom. The zero-order valence-corrected chi connectivity index (χ0v) is 16.4. The lowest BCUT2D eigenvalue weighted by molar-refractivity contribution is 0.102. The number of rotatable bonds is 5. The second kappa shape index (κ2) is 7.89. The Labute approximate surface area is 164 Å². The summed E-state index contributed by atoms with van der Waals surface area (Å²) in [5.74, 6) is -0.729. The molecule has 8 heteroatoms. The number of halogens is 1. The fourth-order valence-corrected chi connectivity index (χ4v) is 4.18. The van der Waals surface area contributed by atoms with E-state index in [0.29, 0.717) is 10.0 Å². The van der Waals surface area contributed by atoms with Gasteiger partial charge in [0.2, 0.25) is 0 Å². The molecule has 0 fully saturated rings. The molecule has 3 aromatic rings. The van der Waals surface area contributed by atoms with Crippen LogP contribution in [0.2, 0.25) is 0 Å². The first kappa shape index (κ1) is 19.1. The number of pyridine rings is 1. The smallest absolute Gasteiger partial charge is 0.271 e. The maximum atomic E-state index is 12.5. The van der Waals surface area contributed by atoms with E-state index in [-0.39, 0.29) is 21.9 Å². The molecule has 3 rings (SSSR count). The summed E-state index contributed by atoms with van der Waals surface area (Å²) in [5, 5.41) is 2.53. The van der Waals surface area contributed by atoms with E-state index in [1.165, 1.54) is 30.5 Å². The number of hydrogen-bond donors (Lipinski definition) is 2. The summed E-state index contributed by atoms with van der Waals surface area (Å²) in [4.78, 5) is 26.9. The van der Waals surface area contributed by atoms with Gasteiger partial charge in [-0.2, -0.15) is 0 Å². The lowest BCUT2D eigenvalue weighted by atomic mass is 10.1. The second-order valence-electron chi connectivity index (χ2n) is 5.79. The third kappa shape index (κ3) is 4.72. The third-order valence-electron chi connectivity index (χ3n) is 3.76. The summed E-state index contributed by atoms with van der Waals surface area (Å²) in [6, 6.07) is 15.9. The Bertz CT molecular complexity index is 1140. The van der Waals surface area contributed by atoms with Crippen LogP contribution in [0.1, 0.15) is 15.9 Å². The minimum Gasteiger partial charge on any atom is -0.326 e. The van der Waals surface area contributed by atoms with Crippen LogP contribution in [0.15, 0.2) is 81.0 Å². The van der Waals surface area contributed by atoms with Crippen molar-refractivity contribution >= 4 is 37.4 Å². The predicted octanol–water partition coefficient (Wildman–Crippen LogP) is 3.36. The number of benzene rings is 2. The van der Waals surface area contributed by atoms with Gasteiger partial charge in [-0.25, -0.2) is 8.42 Å². The van der Waals surface area contributed by atoms with Gasteiger partial charge in [-0.1, -0.05) is 30.3 Å². The average Bonchev–Trinajstić information content (AvgIpc) is 2.65. The molecular weight excluding hydrogens is 432 g/mol. The molecule has 0 spiro atoms. The minimum absolute atomic E-state index is 0.0942. The van der Waals surface area contributed by atoms with Crippen LogP contribution in [0.5, 0.6) is 0 Å². The van der Waals surface area contributed by atoms with E-state index in [0.717, 1.165) is 0 Å². The SMILES string of the molecule is O=C(Nc1cc(Br)c[nH]c1=O)c1cccc(CS(=O)(=O)c2ccccc2)c1. The summed E-state index contributed by atoms with van der Waals surface area (Å²) in [6.07, 6.45) is 1.47. The average molecular weight is 447 g/mol. The van der Waals surface area contributed by atoms with Crippen LogP contribution in [0.25, 0.3) is 0 Å². The van der Waals surface area contributed by atoms with E-state index >= 15 is 0 Å². The topological polar surface area (TPSA) is 96.1 Å². The van der Waals surface area contributed by atoms with Crippen LogP contribution >= 0.6 is 15.9 Å². The van der Waals surface area contributed by atoms with Gasteiger partial charge in [0.1, 0.15) is 5.69 Å². The molecule has 0 aliphatic heterocycles. The Kier molecular flexibility index (Phi) is 5.57. The number of carbonyl (C=O) groups excluding carboxylic acids is 1. The van der Waals surface area contributed by atoms with Gasteiger partial charge in [0.15, 0.2) is 9.84 Å². The van der Waals surface area contributed by atoms with Crippen LogP contribution in [0, 0.1) is 0 Å². The summed E-state index contributed by atoms with van der Waals surface area (Å²) in [5.41, 5.74) is 0.399. The van der Waals surface area contributed by atoms with Gasteiger partial charge in [-0.3, -0.25) is 9.59 Å². The van der Waals surface area contributed by atoms with Gasteiger partial charge in [0.25, 0.3) is 11.5 Å². The molecule has 0 radical (unpaired) electrons. The minimum atomic E-state index is -3.52. The zero-order chi connectivity index (χ0) is 19.4. The highest BCUT2D eigenvalue weighted by atomic mass is 79.9. The van der Waals surface area contributed by atoms with Gasteiger partial charge in [0, 0.05) is 16.2 Å². The van der Waals surface area contributed by atoms with Crippen LogP contribution < -0.4 is 10.9 Å². The quantitative estimate of drug-likeness (QED) is 0.627. The van der Waals surface area contributed by atoms with Crippen LogP contribution in [0.3, 0.4) is 0 Å². The molecule has 1 amide bonds. The highest BCUT2D eigenvalue weighted by molar-refractivity contribution is 9.10. The molecule has 27 heavy (non-hydrogen) atoms. The van der Waals surface area contributed by atoms with Gasteiger partial charge in [0.05, 0.1) is 10.6 Å². The summed E-state index contributed by atoms with van der Waals surface area (Å²) < 4.78 is 25.6. The molecule has 0 unspecified atom stereocenters. The highest BCUT2D eigenvalue weighted by Crippen LogP contribution is 2.18. The molecular formula is C19H15BrN2O4S. The number of hydrogen-bond acceptors (Lipinski definition) is 4. The standard InChI is InChI=1S/C19H15BrN2O4S/c20-15-10-17(19(24)21-11-15)22-18(23)14-6-4-5-13(9-14)12-27(25,26)16-7-2-1-3-8-16/h1-11H,12H2,(H,21,24)(H,22,23). The molecule has 2 N–H and O–H groups in total. The van der Waals surface area contributed by atoms with E-state index < -0.39 is 21.3 Å². The number of carbonyl (C=O) groups is 1. The summed E-state index contributed by atoms with van der Waals surface area (Å²) in [7, 11) is -3.52. The molecule has 0 atom stereocenters. The normalized spacial score (nSPS) is 11.1. The van der Waals surface area contributed by atoms with Crippen molar-refractivity contribution in [3.05, 3.63) is 92.8 Å². The Morgan fingerprint density at radius 2 is 1.78 bits per heavy atom. The molecule has 2 aromatic carbocycles. The van der Waals surface area contributed by atoms with Crippen LogP contribution in [-0.2, 0) is 15.6 Å². The van der Waals surface area contributed by atoms with Crippen molar-refractivity contribution in [2.45, 2.75) is 10.6 Å². The van der Waals surface area contributed by atoms with Gasteiger partial charge < -0.3 is 10.3 Å². The van der Waals surface area contributed by atoms with E-state index in [1.54, 1.807) is 36.4 Å². The molecule has 0 aliphatic carbocycles. The lowest BCUT2D eigenvalue weighted by Gasteiger charge is -2.08. The number of amides is 1. The van der Waals surface area contributed by atoms with Crippen molar-refractivity contribution in [1.82, 2.24) is 4.98 Å². The number of anilines is 1. The Balaban J connectivity index is 1.82. The van der Waals surface area contributed by atoms with Gasteiger partial charge in [-0.05, 0) is 51.8 Å². The van der Waals surface area contributed by atoms with Crippen molar-refractivity contribution in [3.63, 3.8) is 0 Å². The maximum absolute atomic E-state index is 12.5. The van der Waals surface area contributed by atoms with E-state index in [2.05, 4.69) is 26.2 Å². The largest absolute Gasteiger partial charge is 0.326 e. The first-order valence-corrected chi connectivity index (χ1v) is 10.4. The number of aromatic nitrogens is 1. The van der Waals surface area contributed by atoms with Crippen molar-refractivity contribution < 1.29 is 13.2 Å². The number of aromatic amines is 1. The first-order chi connectivity index (χ1) is 12.8. The predicted molar refractivity (Wildman–Crippen MR) is 106 cm³/mol.